The van der Waals surface area contributed by atoms with E-state index in [9.17, 15) is 14.9 Å². The summed E-state index contributed by atoms with van der Waals surface area (Å²) < 4.78 is 0. The normalized spacial score (nSPS) is 10.2. The zero-order valence-corrected chi connectivity index (χ0v) is 10.3. The number of aryl methyl sites for hydroxylation is 1. The Morgan fingerprint density at radius 1 is 1.16 bits per heavy atom. The maximum absolute atomic E-state index is 12.3. The summed E-state index contributed by atoms with van der Waals surface area (Å²) in [4.78, 5) is 22.4. The number of hydrogen-bond donors (Lipinski definition) is 1. The van der Waals surface area contributed by atoms with Crippen LogP contribution in [0.25, 0.3) is 0 Å². The molecule has 2 aromatic carbocycles. The summed E-state index contributed by atoms with van der Waals surface area (Å²) in [6.07, 6.45) is 0. The number of rotatable bonds is 3. The number of nitrogens with two attached hydrogens (primary N) is 1. The molecule has 0 spiro atoms. The molecule has 0 atom stereocenters. The van der Waals surface area contributed by atoms with Crippen LogP contribution in [0.15, 0.2) is 42.5 Å². The Hall–Kier alpha value is -2.69. The number of nitrogens with zero attached hydrogens (tertiary/aromatic N) is 1. The molecule has 5 heteroatoms. The van der Waals surface area contributed by atoms with Gasteiger partial charge in [-0.15, -0.1) is 0 Å². The van der Waals surface area contributed by atoms with Gasteiger partial charge in [-0.2, -0.15) is 0 Å². The van der Waals surface area contributed by atoms with Gasteiger partial charge in [0.2, 0.25) is 0 Å². The van der Waals surface area contributed by atoms with E-state index in [1.54, 1.807) is 24.3 Å². The number of nitro groups is 1. The van der Waals surface area contributed by atoms with Crippen LogP contribution in [0.3, 0.4) is 0 Å². The van der Waals surface area contributed by atoms with Gasteiger partial charge in [-0.05, 0) is 13.0 Å². The highest BCUT2D eigenvalue weighted by Crippen LogP contribution is 2.22. The molecule has 0 amide bonds. The van der Waals surface area contributed by atoms with Gasteiger partial charge in [0.1, 0.15) is 0 Å². The third kappa shape index (κ3) is 2.60. The lowest BCUT2D eigenvalue weighted by atomic mass is 10.0. The van der Waals surface area contributed by atoms with E-state index in [0.29, 0.717) is 5.56 Å². The Morgan fingerprint density at radius 3 is 2.37 bits per heavy atom. The molecule has 0 aromatic heterocycles. The van der Waals surface area contributed by atoms with Crippen LogP contribution in [0.4, 0.5) is 11.4 Å². The van der Waals surface area contributed by atoms with Gasteiger partial charge in [0.25, 0.3) is 5.69 Å². The Bertz CT molecular complexity index is 648. The highest BCUT2D eigenvalue weighted by atomic mass is 16.6. The van der Waals surface area contributed by atoms with Gasteiger partial charge < -0.3 is 5.73 Å². The van der Waals surface area contributed by atoms with Gasteiger partial charge in [0.15, 0.2) is 5.78 Å². The molecule has 0 fully saturated rings. The van der Waals surface area contributed by atoms with Crippen molar-refractivity contribution in [2.45, 2.75) is 6.92 Å². The average molecular weight is 256 g/mol. The van der Waals surface area contributed by atoms with E-state index in [0.717, 1.165) is 5.56 Å². The SMILES string of the molecule is Cc1ccc(C(=O)c2cc([N+](=O)[O-])ccc2N)cc1. The average Bonchev–Trinajstić information content (AvgIpc) is 2.39. The van der Waals surface area contributed by atoms with Crippen molar-refractivity contribution in [1.29, 1.82) is 0 Å². The molecule has 0 aliphatic rings. The van der Waals surface area contributed by atoms with Gasteiger partial charge >= 0.3 is 0 Å². The summed E-state index contributed by atoms with van der Waals surface area (Å²) in [6, 6.07) is 10.8. The van der Waals surface area contributed by atoms with Crippen molar-refractivity contribution < 1.29 is 9.72 Å². The molecule has 0 saturated heterocycles. The fourth-order valence-electron chi connectivity index (χ4n) is 1.71. The highest BCUT2D eigenvalue weighted by Gasteiger charge is 2.16. The van der Waals surface area contributed by atoms with Crippen LogP contribution in [0.1, 0.15) is 21.5 Å². The summed E-state index contributed by atoms with van der Waals surface area (Å²) in [6.45, 7) is 1.91. The summed E-state index contributed by atoms with van der Waals surface area (Å²) in [7, 11) is 0. The molecule has 2 aromatic rings. The highest BCUT2D eigenvalue weighted by molar-refractivity contribution is 6.12. The van der Waals surface area contributed by atoms with Crippen LogP contribution in [0, 0.1) is 17.0 Å². The molecule has 0 aliphatic carbocycles. The number of nitro benzene ring substituents is 1. The molecule has 5 nitrogen and oxygen atoms in total. The largest absolute Gasteiger partial charge is 0.398 e. The van der Waals surface area contributed by atoms with Crippen molar-refractivity contribution in [3.63, 3.8) is 0 Å². The van der Waals surface area contributed by atoms with E-state index in [4.69, 9.17) is 5.73 Å². The van der Waals surface area contributed by atoms with Gasteiger partial charge in [0, 0.05) is 23.4 Å². The third-order valence-corrected chi connectivity index (χ3v) is 2.81. The number of carbonyl (C=O) groups excluding carboxylic acids is 1. The molecule has 96 valence electrons. The number of hydrogen-bond acceptors (Lipinski definition) is 4. The zero-order chi connectivity index (χ0) is 14.0. The quantitative estimate of drug-likeness (QED) is 0.396. The predicted octanol–water partition coefficient (Wildman–Crippen LogP) is 2.72. The van der Waals surface area contributed by atoms with Crippen molar-refractivity contribution in [2.75, 3.05) is 5.73 Å². The Morgan fingerprint density at radius 2 is 1.79 bits per heavy atom. The van der Waals surface area contributed by atoms with E-state index in [2.05, 4.69) is 0 Å². The molecule has 2 N–H and O–H groups in total. The van der Waals surface area contributed by atoms with Crippen molar-refractivity contribution in [3.8, 4) is 0 Å². The molecule has 19 heavy (non-hydrogen) atoms. The molecule has 2 rings (SSSR count). The molecule has 0 unspecified atom stereocenters. The Balaban J connectivity index is 2.46. The Kier molecular flexibility index (Phi) is 3.29. The smallest absolute Gasteiger partial charge is 0.270 e. The zero-order valence-electron chi connectivity index (χ0n) is 10.3. The number of carbonyl (C=O) groups is 1. The van der Waals surface area contributed by atoms with Crippen LogP contribution in [-0.4, -0.2) is 10.7 Å². The predicted molar refractivity (Wildman–Crippen MR) is 72.1 cm³/mol. The molecule has 0 bridgehead atoms. The second-order valence-electron chi connectivity index (χ2n) is 4.22. The number of benzene rings is 2. The lowest BCUT2D eigenvalue weighted by molar-refractivity contribution is -0.384. The topological polar surface area (TPSA) is 86.2 Å². The minimum atomic E-state index is -0.550. The standard InChI is InChI=1S/C14H12N2O3/c1-9-2-4-10(5-3-9)14(17)12-8-11(16(18)19)6-7-13(12)15/h2-8H,15H2,1H3. The lowest BCUT2D eigenvalue weighted by Crippen LogP contribution is -2.06. The van der Waals surface area contributed by atoms with Crippen LogP contribution in [0.5, 0.6) is 0 Å². The number of nitrogen functional groups attached to an aromatic ring is 1. The summed E-state index contributed by atoms with van der Waals surface area (Å²) in [5.41, 5.74) is 7.44. The first-order valence-corrected chi connectivity index (χ1v) is 5.64. The maximum atomic E-state index is 12.3. The number of ketones is 1. The Labute approximate surface area is 109 Å². The van der Waals surface area contributed by atoms with Crippen molar-refractivity contribution in [1.82, 2.24) is 0 Å². The van der Waals surface area contributed by atoms with Crippen LogP contribution >= 0.6 is 0 Å². The minimum absolute atomic E-state index is 0.148. The summed E-state index contributed by atoms with van der Waals surface area (Å²) in [5.74, 6) is -0.318. The van der Waals surface area contributed by atoms with Crippen LogP contribution < -0.4 is 5.73 Å². The van der Waals surface area contributed by atoms with Crippen LogP contribution in [-0.2, 0) is 0 Å². The maximum Gasteiger partial charge on any atom is 0.270 e. The second-order valence-corrected chi connectivity index (χ2v) is 4.22. The number of anilines is 1. The van der Waals surface area contributed by atoms with Gasteiger partial charge in [-0.25, -0.2) is 0 Å². The molecule has 0 aliphatic heterocycles. The van der Waals surface area contributed by atoms with Crippen molar-refractivity contribution in [3.05, 3.63) is 69.3 Å². The second kappa shape index (κ2) is 4.89. The third-order valence-electron chi connectivity index (χ3n) is 2.81. The van der Waals surface area contributed by atoms with Gasteiger partial charge in [-0.1, -0.05) is 29.8 Å². The van der Waals surface area contributed by atoms with E-state index < -0.39 is 4.92 Å². The monoisotopic (exact) mass is 256 g/mol. The first-order chi connectivity index (χ1) is 8.99. The summed E-state index contributed by atoms with van der Waals surface area (Å²) in [5, 5.41) is 10.7. The first-order valence-electron chi connectivity index (χ1n) is 5.64. The van der Waals surface area contributed by atoms with Crippen LogP contribution in [0.2, 0.25) is 0 Å². The molecule has 0 radical (unpaired) electrons. The van der Waals surface area contributed by atoms with E-state index in [1.807, 2.05) is 6.92 Å². The fourth-order valence-corrected chi connectivity index (χ4v) is 1.71. The fraction of sp³-hybridized carbons (Fsp3) is 0.0714. The summed E-state index contributed by atoms with van der Waals surface area (Å²) >= 11 is 0. The van der Waals surface area contributed by atoms with Crippen molar-refractivity contribution >= 4 is 17.2 Å². The molecular weight excluding hydrogens is 244 g/mol. The molecule has 0 saturated carbocycles. The number of non-ortho nitro benzene ring substituents is 1. The first kappa shape index (κ1) is 12.8. The van der Waals surface area contributed by atoms with Crippen molar-refractivity contribution in [2.24, 2.45) is 0 Å². The lowest BCUT2D eigenvalue weighted by Gasteiger charge is -2.05. The van der Waals surface area contributed by atoms with Gasteiger partial charge in [-0.3, -0.25) is 14.9 Å². The van der Waals surface area contributed by atoms with E-state index >= 15 is 0 Å². The van der Waals surface area contributed by atoms with E-state index in [1.165, 1.54) is 18.2 Å². The molecule has 0 heterocycles. The van der Waals surface area contributed by atoms with Gasteiger partial charge in [0.05, 0.1) is 10.5 Å². The minimum Gasteiger partial charge on any atom is -0.398 e. The molecular formula is C14H12N2O3. The van der Waals surface area contributed by atoms with E-state index in [-0.39, 0.29) is 22.7 Å².